The third kappa shape index (κ3) is 4.89. The Morgan fingerprint density at radius 3 is 2.43 bits per heavy atom. The van der Waals surface area contributed by atoms with Crippen LogP contribution in [0.15, 0.2) is 85.1 Å². The van der Waals surface area contributed by atoms with Crippen molar-refractivity contribution >= 4 is 28.9 Å². The number of piperazine rings is 1. The van der Waals surface area contributed by atoms with Gasteiger partial charge < -0.3 is 19.8 Å². The van der Waals surface area contributed by atoms with Crippen LogP contribution in [0.2, 0.25) is 0 Å². The zero-order chi connectivity index (χ0) is 28.6. The van der Waals surface area contributed by atoms with E-state index in [2.05, 4.69) is 19.7 Å². The molecule has 2 aliphatic heterocycles. The van der Waals surface area contributed by atoms with Gasteiger partial charge in [-0.2, -0.15) is 0 Å². The molecule has 0 radical (unpaired) electrons. The summed E-state index contributed by atoms with van der Waals surface area (Å²) in [6, 6.07) is 23.9. The quantitative estimate of drug-likeness (QED) is 0.298. The first kappa shape index (κ1) is 25.9. The topological polar surface area (TPSA) is 90.1 Å². The number of anilines is 3. The Balaban J connectivity index is 1.11. The van der Waals surface area contributed by atoms with E-state index in [1.54, 1.807) is 24.3 Å². The summed E-state index contributed by atoms with van der Waals surface area (Å²) in [7, 11) is 0. The maximum absolute atomic E-state index is 14.0. The predicted molar refractivity (Wildman–Crippen MR) is 160 cm³/mol. The molecule has 0 amide bonds. The monoisotopic (exact) mass is 563 g/mol. The molecule has 0 spiro atoms. The van der Waals surface area contributed by atoms with Gasteiger partial charge in [0.2, 0.25) is 0 Å². The summed E-state index contributed by atoms with van der Waals surface area (Å²) in [6.07, 6.45) is 3.78. The molecule has 42 heavy (non-hydrogen) atoms. The van der Waals surface area contributed by atoms with Crippen LogP contribution in [0.4, 0.5) is 21.7 Å². The van der Waals surface area contributed by atoms with Crippen LogP contribution in [-0.4, -0.2) is 63.4 Å². The number of fused-ring (bicyclic) bond motifs is 1. The van der Waals surface area contributed by atoms with E-state index in [9.17, 15) is 14.3 Å². The third-order valence-electron chi connectivity index (χ3n) is 8.21. The number of halogens is 1. The average Bonchev–Trinajstić information content (AvgIpc) is 3.69. The van der Waals surface area contributed by atoms with Gasteiger partial charge in [-0.3, -0.25) is 0 Å². The summed E-state index contributed by atoms with van der Waals surface area (Å²) in [5, 5.41) is 14.2. The van der Waals surface area contributed by atoms with E-state index in [1.165, 1.54) is 6.07 Å². The van der Waals surface area contributed by atoms with Crippen molar-refractivity contribution in [3.05, 3.63) is 102 Å². The zero-order valence-corrected chi connectivity index (χ0v) is 23.0. The van der Waals surface area contributed by atoms with Crippen molar-refractivity contribution in [1.82, 2.24) is 19.6 Å². The number of aromatic nitrogens is 4. The summed E-state index contributed by atoms with van der Waals surface area (Å²) in [4.78, 5) is 27.5. The molecule has 10 heteroatoms. The van der Waals surface area contributed by atoms with Gasteiger partial charge in [0.25, 0.3) is 0 Å². The second-order valence-corrected chi connectivity index (χ2v) is 10.7. The number of rotatable bonds is 6. The van der Waals surface area contributed by atoms with Crippen LogP contribution >= 0.6 is 0 Å². The maximum Gasteiger partial charge on any atom is 0.335 e. The van der Waals surface area contributed by atoms with Gasteiger partial charge in [0, 0.05) is 38.4 Å². The molecule has 2 aliphatic rings. The highest BCUT2D eigenvalue weighted by molar-refractivity contribution is 5.88. The predicted octanol–water partition coefficient (Wildman–Crippen LogP) is 5.30. The lowest BCUT2D eigenvalue weighted by molar-refractivity contribution is 0.0697. The highest BCUT2D eigenvalue weighted by Gasteiger charge is 2.28. The second kappa shape index (κ2) is 10.8. The van der Waals surface area contributed by atoms with Crippen LogP contribution in [0.25, 0.3) is 17.0 Å². The number of hydrogen-bond donors (Lipinski definition) is 1. The minimum Gasteiger partial charge on any atom is -0.478 e. The van der Waals surface area contributed by atoms with Crippen molar-refractivity contribution in [2.45, 2.75) is 18.9 Å². The number of benzene rings is 2. The normalized spacial score (nSPS) is 17.3. The van der Waals surface area contributed by atoms with E-state index in [-0.39, 0.29) is 11.9 Å². The fraction of sp³-hybridized carbons (Fsp3) is 0.250. The molecule has 2 saturated heterocycles. The first-order valence-corrected chi connectivity index (χ1v) is 14.2. The lowest BCUT2D eigenvalue weighted by Crippen LogP contribution is -2.46. The van der Waals surface area contributed by atoms with Crippen molar-refractivity contribution in [2.75, 3.05) is 47.4 Å². The van der Waals surface area contributed by atoms with Gasteiger partial charge >= 0.3 is 5.97 Å². The first-order chi connectivity index (χ1) is 20.5. The standard InChI is InChI=1S/C32H30FN7O2/c33-24-5-1-4-23(20-24)27-7-3-15-39(27)31-14-13-29-34-21-28(40(29)36-31)26-6-2-8-30(35-26)38-18-16-37(17-19-38)25-11-9-22(10-12-25)32(41)42/h1-2,4-6,8-14,20-21,27H,3,7,15-19H2,(H,41,42). The lowest BCUT2D eigenvalue weighted by atomic mass is 10.0. The average molecular weight is 564 g/mol. The van der Waals surface area contributed by atoms with Crippen molar-refractivity contribution in [3.63, 3.8) is 0 Å². The summed E-state index contributed by atoms with van der Waals surface area (Å²) < 4.78 is 15.8. The minimum absolute atomic E-state index is 0.0767. The molecule has 1 N–H and O–H groups in total. The van der Waals surface area contributed by atoms with Crippen LogP contribution in [0.3, 0.4) is 0 Å². The van der Waals surface area contributed by atoms with E-state index >= 15 is 0 Å². The van der Waals surface area contributed by atoms with Gasteiger partial charge in [-0.25, -0.2) is 23.7 Å². The molecule has 9 nitrogen and oxygen atoms in total. The third-order valence-corrected chi connectivity index (χ3v) is 8.21. The second-order valence-electron chi connectivity index (χ2n) is 10.7. The number of aromatic carboxylic acids is 1. The Labute approximate surface area is 242 Å². The smallest absolute Gasteiger partial charge is 0.335 e. The molecule has 2 fully saturated rings. The molecule has 1 unspecified atom stereocenters. The minimum atomic E-state index is -0.918. The van der Waals surface area contributed by atoms with E-state index in [4.69, 9.17) is 10.1 Å². The summed E-state index contributed by atoms with van der Waals surface area (Å²) >= 11 is 0. The number of hydrogen-bond acceptors (Lipinski definition) is 7. The summed E-state index contributed by atoms with van der Waals surface area (Å²) in [5.74, 6) is 0.586. The molecule has 3 aromatic heterocycles. The number of carbonyl (C=O) groups is 1. The zero-order valence-electron chi connectivity index (χ0n) is 23.0. The number of imidazole rings is 1. The lowest BCUT2D eigenvalue weighted by Gasteiger charge is -2.36. The van der Waals surface area contributed by atoms with Crippen molar-refractivity contribution < 1.29 is 14.3 Å². The number of pyridine rings is 1. The van der Waals surface area contributed by atoms with Gasteiger partial charge in [0.1, 0.15) is 23.1 Å². The molecular weight excluding hydrogens is 533 g/mol. The van der Waals surface area contributed by atoms with Gasteiger partial charge in [-0.1, -0.05) is 18.2 Å². The Hall–Kier alpha value is -4.99. The van der Waals surface area contributed by atoms with E-state index in [0.29, 0.717) is 5.56 Å². The molecule has 212 valence electrons. The van der Waals surface area contributed by atoms with Crippen LogP contribution in [0.1, 0.15) is 34.8 Å². The molecule has 1 atom stereocenters. The highest BCUT2D eigenvalue weighted by Crippen LogP contribution is 2.36. The van der Waals surface area contributed by atoms with Crippen LogP contribution in [0, 0.1) is 5.82 Å². The fourth-order valence-electron chi connectivity index (χ4n) is 6.04. The molecule has 0 bridgehead atoms. The molecule has 5 heterocycles. The van der Waals surface area contributed by atoms with Gasteiger partial charge in [0.05, 0.1) is 23.5 Å². The molecule has 0 saturated carbocycles. The van der Waals surface area contributed by atoms with Gasteiger partial charge in [-0.05, 0) is 79.1 Å². The molecular formula is C32H30FN7O2. The molecule has 0 aliphatic carbocycles. The molecule has 7 rings (SSSR count). The summed E-state index contributed by atoms with van der Waals surface area (Å²) in [5.41, 5.74) is 4.62. The van der Waals surface area contributed by atoms with E-state index in [0.717, 1.165) is 85.5 Å². The SMILES string of the molecule is O=C(O)c1ccc(N2CCN(c3cccc(-c4cnc5ccc(N6CCCC6c6cccc(F)c6)nn45)n3)CC2)cc1. The number of carboxylic acid groups (broad SMARTS) is 1. The molecule has 5 aromatic rings. The van der Waals surface area contributed by atoms with Crippen LogP contribution < -0.4 is 14.7 Å². The van der Waals surface area contributed by atoms with E-state index < -0.39 is 5.97 Å². The van der Waals surface area contributed by atoms with Crippen molar-refractivity contribution in [1.29, 1.82) is 0 Å². The van der Waals surface area contributed by atoms with Gasteiger partial charge in [0.15, 0.2) is 5.65 Å². The largest absolute Gasteiger partial charge is 0.478 e. The maximum atomic E-state index is 14.0. The van der Waals surface area contributed by atoms with Crippen molar-refractivity contribution in [3.8, 4) is 11.4 Å². The highest BCUT2D eigenvalue weighted by atomic mass is 19.1. The summed E-state index contributed by atoms with van der Waals surface area (Å²) in [6.45, 7) is 4.06. The Morgan fingerprint density at radius 1 is 0.857 bits per heavy atom. The first-order valence-electron chi connectivity index (χ1n) is 14.2. The fourth-order valence-corrected chi connectivity index (χ4v) is 6.04. The van der Waals surface area contributed by atoms with Gasteiger partial charge in [-0.15, -0.1) is 5.10 Å². The Kier molecular flexibility index (Phi) is 6.65. The van der Waals surface area contributed by atoms with Crippen LogP contribution in [-0.2, 0) is 0 Å². The Morgan fingerprint density at radius 2 is 1.64 bits per heavy atom. The van der Waals surface area contributed by atoms with E-state index in [1.807, 2.05) is 59.2 Å². The Bertz CT molecular complexity index is 1750. The number of carboxylic acids is 1. The van der Waals surface area contributed by atoms with Crippen molar-refractivity contribution in [2.24, 2.45) is 0 Å². The number of nitrogens with zero attached hydrogens (tertiary/aromatic N) is 7. The molecule has 2 aromatic carbocycles. The van der Waals surface area contributed by atoms with Crippen LogP contribution in [0.5, 0.6) is 0 Å².